The average molecular weight is 449 g/mol. The molecule has 1 N–H and O–H groups in total. The second-order valence-electron chi connectivity index (χ2n) is 9.60. The van der Waals surface area contributed by atoms with Crippen molar-refractivity contribution in [3.05, 3.63) is 59.7 Å². The fourth-order valence-electron chi connectivity index (χ4n) is 5.46. The van der Waals surface area contributed by atoms with Crippen LogP contribution >= 0.6 is 0 Å². The van der Waals surface area contributed by atoms with Gasteiger partial charge < -0.3 is 15.0 Å². The molecule has 0 spiro atoms. The maximum Gasteiger partial charge on any atom is 0.325 e. The predicted molar refractivity (Wildman–Crippen MR) is 131 cm³/mol. The number of methoxy groups -OCH3 is 1. The molecular formula is C28H36N2O3. The Kier molecular flexibility index (Phi) is 7.49. The monoisotopic (exact) mass is 448 g/mol. The zero-order valence-electron chi connectivity index (χ0n) is 19.9. The average Bonchev–Trinajstić information content (AvgIpc) is 3.51. The Labute approximate surface area is 197 Å². The number of esters is 1. The zero-order chi connectivity index (χ0) is 23.3. The van der Waals surface area contributed by atoms with Crippen molar-refractivity contribution in [1.82, 2.24) is 10.2 Å². The first-order valence-electron chi connectivity index (χ1n) is 12.3. The molecule has 1 unspecified atom stereocenters. The summed E-state index contributed by atoms with van der Waals surface area (Å²) in [4.78, 5) is 27.1. The SMILES string of the molecule is COC(=O)CNC(=O)C1(c2ccc(-c3ccc(CCN4CCCC4C)cc3)cc2)CCCC1. The number of hydrogen-bond donors (Lipinski definition) is 1. The molecule has 2 aromatic carbocycles. The third kappa shape index (κ3) is 5.30. The Hall–Kier alpha value is -2.66. The first-order valence-corrected chi connectivity index (χ1v) is 12.3. The summed E-state index contributed by atoms with van der Waals surface area (Å²) in [5.41, 5.74) is 4.20. The standard InChI is InChI=1S/C28H36N2O3/c1-21-6-5-18-30(21)19-15-22-7-9-23(10-8-22)24-11-13-25(14-12-24)28(16-3-4-17-28)27(32)29-20-26(31)33-2/h7-14,21H,3-6,15-20H2,1-2H3,(H,29,32). The molecule has 1 aliphatic heterocycles. The number of nitrogens with zero attached hydrogens (tertiary/aromatic N) is 1. The number of carbonyl (C=O) groups excluding carboxylic acids is 2. The van der Waals surface area contributed by atoms with Gasteiger partial charge in [0, 0.05) is 12.6 Å². The smallest absolute Gasteiger partial charge is 0.325 e. The minimum atomic E-state index is -0.552. The van der Waals surface area contributed by atoms with Crippen LogP contribution < -0.4 is 5.32 Å². The molecule has 2 aliphatic rings. The van der Waals surface area contributed by atoms with Crippen LogP contribution in [0.5, 0.6) is 0 Å². The highest BCUT2D eigenvalue weighted by molar-refractivity contribution is 5.91. The van der Waals surface area contributed by atoms with Crippen molar-refractivity contribution in [2.24, 2.45) is 0 Å². The number of nitrogens with one attached hydrogen (secondary N) is 1. The van der Waals surface area contributed by atoms with E-state index in [4.69, 9.17) is 0 Å². The highest BCUT2D eigenvalue weighted by atomic mass is 16.5. The lowest BCUT2D eigenvalue weighted by Crippen LogP contribution is -2.44. The van der Waals surface area contributed by atoms with Crippen molar-refractivity contribution in [2.75, 3.05) is 26.7 Å². The number of amides is 1. The summed E-state index contributed by atoms with van der Waals surface area (Å²) >= 11 is 0. The van der Waals surface area contributed by atoms with Crippen molar-refractivity contribution in [2.45, 2.75) is 63.3 Å². The van der Waals surface area contributed by atoms with Crippen molar-refractivity contribution < 1.29 is 14.3 Å². The number of likely N-dealkylation sites (tertiary alicyclic amines) is 1. The summed E-state index contributed by atoms with van der Waals surface area (Å²) in [5.74, 6) is -0.500. The van der Waals surface area contributed by atoms with E-state index in [9.17, 15) is 9.59 Å². The van der Waals surface area contributed by atoms with E-state index in [0.717, 1.165) is 49.8 Å². The number of ether oxygens (including phenoxy) is 1. The third-order valence-electron chi connectivity index (χ3n) is 7.62. The molecule has 1 atom stereocenters. The molecule has 1 aliphatic carbocycles. The maximum atomic E-state index is 13.0. The van der Waals surface area contributed by atoms with Gasteiger partial charge in [-0.2, -0.15) is 0 Å². The van der Waals surface area contributed by atoms with E-state index in [0.29, 0.717) is 6.04 Å². The van der Waals surface area contributed by atoms with Crippen LogP contribution in [0, 0.1) is 0 Å². The summed E-state index contributed by atoms with van der Waals surface area (Å²) in [5, 5.41) is 2.78. The molecule has 0 bridgehead atoms. The van der Waals surface area contributed by atoms with E-state index < -0.39 is 11.4 Å². The highest BCUT2D eigenvalue weighted by Gasteiger charge is 2.42. The third-order valence-corrected chi connectivity index (χ3v) is 7.62. The Morgan fingerprint density at radius 1 is 1.00 bits per heavy atom. The predicted octanol–water partition coefficient (Wildman–Crippen LogP) is 4.48. The molecular weight excluding hydrogens is 412 g/mol. The van der Waals surface area contributed by atoms with E-state index >= 15 is 0 Å². The molecule has 33 heavy (non-hydrogen) atoms. The quantitative estimate of drug-likeness (QED) is 0.605. The van der Waals surface area contributed by atoms with Gasteiger partial charge in [0.25, 0.3) is 0 Å². The van der Waals surface area contributed by atoms with Crippen molar-refractivity contribution >= 4 is 11.9 Å². The Bertz CT molecular complexity index is 946. The highest BCUT2D eigenvalue weighted by Crippen LogP contribution is 2.42. The molecule has 2 fully saturated rings. The lowest BCUT2D eigenvalue weighted by molar-refractivity contribution is -0.141. The van der Waals surface area contributed by atoms with E-state index in [1.165, 1.54) is 37.6 Å². The van der Waals surface area contributed by atoms with Crippen LogP contribution in [0.25, 0.3) is 11.1 Å². The van der Waals surface area contributed by atoms with Crippen LogP contribution in [0.2, 0.25) is 0 Å². The van der Waals surface area contributed by atoms with Crippen molar-refractivity contribution in [3.63, 3.8) is 0 Å². The van der Waals surface area contributed by atoms with E-state index in [2.05, 4.69) is 70.4 Å². The number of hydrogen-bond acceptors (Lipinski definition) is 4. The van der Waals surface area contributed by atoms with Crippen LogP contribution in [0.1, 0.15) is 56.6 Å². The Morgan fingerprint density at radius 3 is 2.21 bits per heavy atom. The van der Waals surface area contributed by atoms with E-state index in [1.807, 2.05) is 0 Å². The molecule has 0 aromatic heterocycles. The summed E-state index contributed by atoms with van der Waals surface area (Å²) in [6, 6.07) is 18.0. The fourth-order valence-corrected chi connectivity index (χ4v) is 5.46. The molecule has 1 saturated heterocycles. The van der Waals surface area contributed by atoms with Gasteiger partial charge in [0.15, 0.2) is 0 Å². The van der Waals surface area contributed by atoms with Crippen LogP contribution in [0.4, 0.5) is 0 Å². The van der Waals surface area contributed by atoms with Gasteiger partial charge in [0.2, 0.25) is 5.91 Å². The first-order chi connectivity index (χ1) is 16.0. The van der Waals surface area contributed by atoms with Gasteiger partial charge in [0.1, 0.15) is 6.54 Å². The van der Waals surface area contributed by atoms with Gasteiger partial charge >= 0.3 is 5.97 Å². The van der Waals surface area contributed by atoms with Gasteiger partial charge in [-0.05, 0) is 67.8 Å². The van der Waals surface area contributed by atoms with Crippen molar-refractivity contribution in [3.8, 4) is 11.1 Å². The van der Waals surface area contributed by atoms with Gasteiger partial charge in [-0.25, -0.2) is 0 Å². The lowest BCUT2D eigenvalue weighted by atomic mass is 9.77. The largest absolute Gasteiger partial charge is 0.468 e. The van der Waals surface area contributed by atoms with E-state index in [-0.39, 0.29) is 12.5 Å². The van der Waals surface area contributed by atoms with Gasteiger partial charge in [-0.1, -0.05) is 61.4 Å². The van der Waals surface area contributed by atoms with Crippen molar-refractivity contribution in [1.29, 1.82) is 0 Å². The minimum absolute atomic E-state index is 0.0742. The van der Waals surface area contributed by atoms with Crippen LogP contribution in [0.3, 0.4) is 0 Å². The normalized spacial score (nSPS) is 20.0. The topological polar surface area (TPSA) is 58.6 Å². The number of benzene rings is 2. The molecule has 4 rings (SSSR count). The summed E-state index contributed by atoms with van der Waals surface area (Å²) in [6.07, 6.45) is 7.39. The summed E-state index contributed by atoms with van der Waals surface area (Å²) < 4.78 is 4.66. The Morgan fingerprint density at radius 2 is 1.64 bits per heavy atom. The molecule has 1 saturated carbocycles. The van der Waals surface area contributed by atoms with Crippen LogP contribution in [0.15, 0.2) is 48.5 Å². The molecule has 0 radical (unpaired) electrons. The zero-order valence-corrected chi connectivity index (χ0v) is 19.9. The first kappa shape index (κ1) is 23.5. The molecule has 1 amide bonds. The van der Waals surface area contributed by atoms with Gasteiger partial charge in [-0.3, -0.25) is 9.59 Å². The summed E-state index contributed by atoms with van der Waals surface area (Å²) in [6.45, 7) is 4.61. The van der Waals surface area contributed by atoms with Crippen LogP contribution in [-0.4, -0.2) is 49.6 Å². The van der Waals surface area contributed by atoms with E-state index in [1.54, 1.807) is 0 Å². The molecule has 1 heterocycles. The summed E-state index contributed by atoms with van der Waals surface area (Å²) in [7, 11) is 1.33. The molecule has 2 aromatic rings. The fraction of sp³-hybridized carbons (Fsp3) is 0.500. The van der Waals surface area contributed by atoms with Crippen LogP contribution in [-0.2, 0) is 26.2 Å². The molecule has 5 nitrogen and oxygen atoms in total. The second kappa shape index (κ2) is 10.5. The molecule has 5 heteroatoms. The second-order valence-corrected chi connectivity index (χ2v) is 9.60. The van der Waals surface area contributed by atoms with Gasteiger partial charge in [0.05, 0.1) is 12.5 Å². The maximum absolute atomic E-state index is 13.0. The lowest BCUT2D eigenvalue weighted by Gasteiger charge is -2.28. The van der Waals surface area contributed by atoms with Gasteiger partial charge in [-0.15, -0.1) is 0 Å². The number of rotatable bonds is 8. The minimum Gasteiger partial charge on any atom is -0.468 e. The number of carbonyl (C=O) groups is 2. The Balaban J connectivity index is 1.42. The molecule has 176 valence electrons.